The summed E-state index contributed by atoms with van der Waals surface area (Å²) in [6, 6.07) is 17.3. The minimum Gasteiger partial charge on any atom is -0.497 e. The Morgan fingerprint density at radius 1 is 1.03 bits per heavy atom. The lowest BCUT2D eigenvalue weighted by molar-refractivity contribution is -0.142. The molecule has 39 heavy (non-hydrogen) atoms. The summed E-state index contributed by atoms with van der Waals surface area (Å²) >= 11 is 0. The van der Waals surface area contributed by atoms with E-state index in [0.29, 0.717) is 44.4 Å². The van der Waals surface area contributed by atoms with Gasteiger partial charge in [0.15, 0.2) is 0 Å². The van der Waals surface area contributed by atoms with E-state index < -0.39 is 11.9 Å². The van der Waals surface area contributed by atoms with Crippen LogP contribution in [0.2, 0.25) is 0 Å². The van der Waals surface area contributed by atoms with Gasteiger partial charge in [-0.1, -0.05) is 12.1 Å². The third-order valence-electron chi connectivity index (χ3n) is 7.08. The number of aromatic nitrogens is 3. The first-order valence-electron chi connectivity index (χ1n) is 13.0. The van der Waals surface area contributed by atoms with Crippen LogP contribution in [0.25, 0.3) is 11.5 Å². The Bertz CT molecular complexity index is 1420. The monoisotopic (exact) mass is 528 g/mol. The van der Waals surface area contributed by atoms with Gasteiger partial charge in [-0.25, -0.2) is 15.0 Å². The molecule has 2 aromatic carbocycles. The van der Waals surface area contributed by atoms with Gasteiger partial charge in [0.2, 0.25) is 11.8 Å². The number of carbonyl (C=O) groups is 1. The Morgan fingerprint density at radius 2 is 1.77 bits per heavy atom. The molecule has 2 atom stereocenters. The lowest BCUT2D eigenvalue weighted by Crippen LogP contribution is -2.25. The molecule has 1 fully saturated rings. The fraction of sp³-hybridized carbons (Fsp3) is 0.333. The van der Waals surface area contributed by atoms with E-state index in [4.69, 9.17) is 13.9 Å². The molecule has 9 heteroatoms. The van der Waals surface area contributed by atoms with E-state index in [0.717, 1.165) is 39.8 Å². The van der Waals surface area contributed by atoms with Crippen LogP contribution in [-0.2, 0) is 17.6 Å². The number of hydrogen-bond donors (Lipinski definition) is 1. The number of rotatable bonds is 10. The molecule has 1 aliphatic heterocycles. The average molecular weight is 529 g/mol. The van der Waals surface area contributed by atoms with Gasteiger partial charge in [-0.05, 0) is 74.2 Å². The molecule has 1 saturated heterocycles. The molecule has 5 rings (SSSR count). The summed E-state index contributed by atoms with van der Waals surface area (Å²) in [6.45, 7) is 5.29. The number of ether oxygens (including phenoxy) is 2. The Kier molecular flexibility index (Phi) is 7.76. The smallest absolute Gasteiger partial charge is 0.308 e. The lowest BCUT2D eigenvalue weighted by Gasteiger charge is -2.16. The summed E-state index contributed by atoms with van der Waals surface area (Å²) in [4.78, 5) is 27.4. The predicted molar refractivity (Wildman–Crippen MR) is 146 cm³/mol. The van der Waals surface area contributed by atoms with Crippen LogP contribution in [-0.4, -0.2) is 52.8 Å². The predicted octanol–water partition coefficient (Wildman–Crippen LogP) is 4.76. The molecule has 0 aliphatic carbocycles. The van der Waals surface area contributed by atoms with Gasteiger partial charge in [0, 0.05) is 37.0 Å². The minimum absolute atomic E-state index is 0.0339. The Labute approximate surface area is 227 Å². The largest absolute Gasteiger partial charge is 0.497 e. The van der Waals surface area contributed by atoms with E-state index >= 15 is 0 Å². The zero-order valence-electron chi connectivity index (χ0n) is 22.3. The maximum atomic E-state index is 12.0. The summed E-state index contributed by atoms with van der Waals surface area (Å²) in [5.74, 6) is 2.19. The van der Waals surface area contributed by atoms with E-state index in [-0.39, 0.29) is 5.92 Å². The van der Waals surface area contributed by atoms with Crippen molar-refractivity contribution in [1.82, 2.24) is 15.0 Å². The van der Waals surface area contributed by atoms with Crippen molar-refractivity contribution in [2.45, 2.75) is 26.7 Å². The second kappa shape index (κ2) is 11.6. The highest BCUT2D eigenvalue weighted by atomic mass is 16.5. The SMILES string of the molecule is COc1ccc(-c2nc(CCOc3ccc(C[C@@H]4CN(c5nccc(C)n5)C[C@@H]4C(=O)O)cc3)c(C)o2)cc1. The van der Waals surface area contributed by atoms with Gasteiger partial charge >= 0.3 is 5.97 Å². The third-order valence-corrected chi connectivity index (χ3v) is 7.08. The van der Waals surface area contributed by atoms with Gasteiger partial charge in [-0.3, -0.25) is 4.79 Å². The van der Waals surface area contributed by atoms with Crippen LogP contribution < -0.4 is 14.4 Å². The maximum absolute atomic E-state index is 12.0. The highest BCUT2D eigenvalue weighted by Crippen LogP contribution is 2.30. The fourth-order valence-electron chi connectivity index (χ4n) is 4.92. The van der Waals surface area contributed by atoms with Crippen molar-refractivity contribution >= 4 is 11.9 Å². The Balaban J connectivity index is 1.16. The van der Waals surface area contributed by atoms with Gasteiger partial charge in [0.1, 0.15) is 17.3 Å². The molecule has 0 radical (unpaired) electrons. The number of methoxy groups -OCH3 is 1. The summed E-state index contributed by atoms with van der Waals surface area (Å²) in [6.07, 6.45) is 2.99. The minimum atomic E-state index is -0.784. The van der Waals surface area contributed by atoms with E-state index in [1.165, 1.54) is 0 Å². The average Bonchev–Trinajstić information content (AvgIpc) is 3.53. The summed E-state index contributed by atoms with van der Waals surface area (Å²) in [5.41, 5.74) is 3.69. The second-order valence-corrected chi connectivity index (χ2v) is 9.80. The number of hydrogen-bond acceptors (Lipinski definition) is 8. The van der Waals surface area contributed by atoms with Crippen molar-refractivity contribution < 1.29 is 23.8 Å². The number of oxazole rings is 1. The summed E-state index contributed by atoms with van der Waals surface area (Å²) in [7, 11) is 1.64. The molecular weight excluding hydrogens is 496 g/mol. The molecule has 0 saturated carbocycles. The number of nitrogens with zero attached hydrogens (tertiary/aromatic N) is 4. The standard InChI is InChI=1S/C30H32N4O5/c1-19-12-14-31-30(32-19)34-17-23(26(18-34)29(35)36)16-21-4-8-25(9-5-21)38-15-13-27-20(2)39-28(33-27)22-6-10-24(37-3)11-7-22/h4-12,14,23,26H,13,15-18H2,1-3H3,(H,35,36)/t23-,26+/m1/s1. The van der Waals surface area contributed by atoms with Crippen molar-refractivity contribution in [3.8, 4) is 23.0 Å². The number of benzene rings is 2. The van der Waals surface area contributed by atoms with Gasteiger partial charge in [0.05, 0.1) is 25.3 Å². The van der Waals surface area contributed by atoms with Crippen LogP contribution in [0, 0.1) is 25.7 Å². The first-order valence-corrected chi connectivity index (χ1v) is 13.0. The molecular formula is C30H32N4O5. The van der Waals surface area contributed by atoms with Crippen molar-refractivity contribution in [3.05, 3.63) is 83.5 Å². The zero-order valence-corrected chi connectivity index (χ0v) is 22.3. The van der Waals surface area contributed by atoms with Crippen molar-refractivity contribution in [3.63, 3.8) is 0 Å². The topological polar surface area (TPSA) is 111 Å². The quantitative estimate of drug-likeness (QED) is 0.311. The number of carboxylic acids is 1. The summed E-state index contributed by atoms with van der Waals surface area (Å²) in [5, 5.41) is 9.82. The van der Waals surface area contributed by atoms with E-state index in [9.17, 15) is 9.90 Å². The lowest BCUT2D eigenvalue weighted by atomic mass is 9.90. The zero-order chi connectivity index (χ0) is 27.4. The normalized spacial score (nSPS) is 16.8. The summed E-state index contributed by atoms with van der Waals surface area (Å²) < 4.78 is 17.0. The number of aliphatic carboxylic acids is 1. The number of aryl methyl sites for hydroxylation is 2. The van der Waals surface area contributed by atoms with Crippen molar-refractivity contribution in [1.29, 1.82) is 0 Å². The molecule has 0 unspecified atom stereocenters. The van der Waals surface area contributed by atoms with Crippen LogP contribution >= 0.6 is 0 Å². The van der Waals surface area contributed by atoms with Crippen LogP contribution in [0.4, 0.5) is 5.95 Å². The third kappa shape index (κ3) is 6.19. The van der Waals surface area contributed by atoms with Crippen LogP contribution in [0.1, 0.15) is 22.7 Å². The van der Waals surface area contributed by atoms with E-state index in [1.807, 2.05) is 73.3 Å². The van der Waals surface area contributed by atoms with Crippen LogP contribution in [0.15, 0.2) is 65.2 Å². The first kappa shape index (κ1) is 26.2. The molecule has 9 nitrogen and oxygen atoms in total. The maximum Gasteiger partial charge on any atom is 0.308 e. The molecule has 1 N–H and O–H groups in total. The van der Waals surface area contributed by atoms with Gasteiger partial charge in [-0.15, -0.1) is 0 Å². The fourth-order valence-corrected chi connectivity index (χ4v) is 4.92. The van der Waals surface area contributed by atoms with Crippen LogP contribution in [0.3, 0.4) is 0 Å². The second-order valence-electron chi connectivity index (χ2n) is 9.80. The molecule has 4 aromatic rings. The molecule has 0 amide bonds. The van der Waals surface area contributed by atoms with Crippen molar-refractivity contribution in [2.75, 3.05) is 31.7 Å². The highest BCUT2D eigenvalue weighted by Gasteiger charge is 2.38. The highest BCUT2D eigenvalue weighted by molar-refractivity contribution is 5.72. The van der Waals surface area contributed by atoms with Gasteiger partial charge in [0.25, 0.3) is 0 Å². The number of anilines is 1. The van der Waals surface area contributed by atoms with Gasteiger partial charge < -0.3 is 23.9 Å². The van der Waals surface area contributed by atoms with E-state index in [1.54, 1.807) is 13.3 Å². The molecule has 0 bridgehead atoms. The molecule has 0 spiro atoms. The Morgan fingerprint density at radius 3 is 2.46 bits per heavy atom. The Hall–Kier alpha value is -4.40. The first-order chi connectivity index (χ1) is 18.9. The molecule has 1 aliphatic rings. The molecule has 3 heterocycles. The molecule has 2 aromatic heterocycles. The molecule has 202 valence electrons. The van der Waals surface area contributed by atoms with E-state index in [2.05, 4.69) is 15.0 Å². The van der Waals surface area contributed by atoms with Gasteiger partial charge in [-0.2, -0.15) is 0 Å². The number of carboxylic acid groups (broad SMARTS) is 1. The van der Waals surface area contributed by atoms with Crippen molar-refractivity contribution in [2.24, 2.45) is 11.8 Å². The van der Waals surface area contributed by atoms with Crippen LogP contribution in [0.5, 0.6) is 11.5 Å².